The van der Waals surface area contributed by atoms with Crippen LogP contribution in [0.15, 0.2) is 0 Å². The predicted octanol–water partition coefficient (Wildman–Crippen LogP) is 3.85. The minimum Gasteiger partial charge on any atom is -0.352 e. The number of hydrogen-bond acceptors (Lipinski definition) is 2. The van der Waals surface area contributed by atoms with Gasteiger partial charge in [0, 0.05) is 5.41 Å². The second kappa shape index (κ2) is 7.24. The van der Waals surface area contributed by atoms with Crippen molar-refractivity contribution in [1.29, 1.82) is 0 Å². The lowest BCUT2D eigenvalue weighted by Crippen LogP contribution is -2.37. The highest BCUT2D eigenvalue weighted by Crippen LogP contribution is 2.25. The SMILES string of the molecule is CC.CC(C)CCC1OCC(C)(C)CO1. The summed E-state index contributed by atoms with van der Waals surface area (Å²) in [4.78, 5) is 0. The van der Waals surface area contributed by atoms with E-state index in [0.717, 1.165) is 25.6 Å². The van der Waals surface area contributed by atoms with E-state index in [9.17, 15) is 0 Å². The van der Waals surface area contributed by atoms with Crippen LogP contribution >= 0.6 is 0 Å². The predicted molar refractivity (Wildman–Crippen MR) is 64.9 cm³/mol. The van der Waals surface area contributed by atoms with E-state index in [-0.39, 0.29) is 11.7 Å². The van der Waals surface area contributed by atoms with Crippen molar-refractivity contribution in [3.05, 3.63) is 0 Å². The molecule has 1 rings (SSSR count). The Kier molecular flexibility index (Phi) is 7.20. The first-order valence-electron chi connectivity index (χ1n) is 6.23. The molecule has 0 aliphatic carbocycles. The Morgan fingerprint density at radius 2 is 1.60 bits per heavy atom. The highest BCUT2D eigenvalue weighted by Gasteiger charge is 2.27. The maximum atomic E-state index is 5.62. The normalized spacial score (nSPS) is 21.0. The summed E-state index contributed by atoms with van der Waals surface area (Å²) < 4.78 is 11.2. The number of rotatable bonds is 3. The molecule has 0 radical (unpaired) electrons. The Hall–Kier alpha value is -0.0800. The monoisotopic (exact) mass is 216 g/mol. The summed E-state index contributed by atoms with van der Waals surface area (Å²) in [7, 11) is 0. The molecule has 2 nitrogen and oxygen atoms in total. The minimum atomic E-state index is 0.0513. The average molecular weight is 216 g/mol. The molecule has 1 heterocycles. The van der Waals surface area contributed by atoms with Crippen LogP contribution < -0.4 is 0 Å². The molecule has 0 unspecified atom stereocenters. The first-order chi connectivity index (χ1) is 6.99. The van der Waals surface area contributed by atoms with Crippen LogP contribution in [0.4, 0.5) is 0 Å². The lowest BCUT2D eigenvalue weighted by Gasteiger charge is -2.34. The van der Waals surface area contributed by atoms with Gasteiger partial charge in [0.25, 0.3) is 0 Å². The van der Waals surface area contributed by atoms with E-state index < -0.39 is 0 Å². The van der Waals surface area contributed by atoms with E-state index in [2.05, 4.69) is 27.7 Å². The molecule has 1 saturated heterocycles. The largest absolute Gasteiger partial charge is 0.352 e. The molecule has 2 heteroatoms. The molecule has 0 bridgehead atoms. The van der Waals surface area contributed by atoms with Crippen molar-refractivity contribution in [2.75, 3.05) is 13.2 Å². The fourth-order valence-electron chi connectivity index (χ4n) is 1.36. The summed E-state index contributed by atoms with van der Waals surface area (Å²) in [5, 5.41) is 0. The Morgan fingerprint density at radius 1 is 1.13 bits per heavy atom. The summed E-state index contributed by atoms with van der Waals surface area (Å²) in [6, 6.07) is 0. The van der Waals surface area contributed by atoms with Gasteiger partial charge < -0.3 is 9.47 Å². The molecule has 0 aromatic rings. The first-order valence-corrected chi connectivity index (χ1v) is 6.23. The maximum absolute atomic E-state index is 5.62. The van der Waals surface area contributed by atoms with Gasteiger partial charge in [0.2, 0.25) is 0 Å². The zero-order chi connectivity index (χ0) is 11.9. The topological polar surface area (TPSA) is 18.5 Å². The third kappa shape index (κ3) is 6.91. The second-order valence-electron chi connectivity index (χ2n) is 5.19. The Morgan fingerprint density at radius 3 is 2.00 bits per heavy atom. The van der Waals surface area contributed by atoms with Crippen molar-refractivity contribution in [1.82, 2.24) is 0 Å². The van der Waals surface area contributed by atoms with Crippen LogP contribution in [-0.4, -0.2) is 19.5 Å². The first kappa shape index (κ1) is 14.9. The molecule has 0 N–H and O–H groups in total. The molecule has 0 saturated carbocycles. The van der Waals surface area contributed by atoms with E-state index in [4.69, 9.17) is 9.47 Å². The molecule has 1 fully saturated rings. The lowest BCUT2D eigenvalue weighted by molar-refractivity contribution is -0.224. The van der Waals surface area contributed by atoms with Gasteiger partial charge in [-0.25, -0.2) is 0 Å². The fourth-order valence-corrected chi connectivity index (χ4v) is 1.36. The average Bonchev–Trinajstić information content (AvgIpc) is 2.19. The van der Waals surface area contributed by atoms with Gasteiger partial charge in [-0.3, -0.25) is 0 Å². The molecule has 0 amide bonds. The molecule has 0 aromatic carbocycles. The van der Waals surface area contributed by atoms with Crippen LogP contribution in [-0.2, 0) is 9.47 Å². The number of hydrogen-bond donors (Lipinski definition) is 0. The van der Waals surface area contributed by atoms with Gasteiger partial charge in [-0.05, 0) is 18.8 Å². The van der Waals surface area contributed by atoms with Gasteiger partial charge in [-0.1, -0.05) is 41.5 Å². The molecular formula is C13H28O2. The highest BCUT2D eigenvalue weighted by atomic mass is 16.7. The number of ether oxygens (including phenoxy) is 2. The van der Waals surface area contributed by atoms with Crippen molar-refractivity contribution in [3.63, 3.8) is 0 Å². The quantitative estimate of drug-likeness (QED) is 0.713. The van der Waals surface area contributed by atoms with Gasteiger partial charge in [0.05, 0.1) is 13.2 Å². The summed E-state index contributed by atoms with van der Waals surface area (Å²) in [6.45, 7) is 14.5. The Labute approximate surface area is 95.3 Å². The summed E-state index contributed by atoms with van der Waals surface area (Å²) in [5.74, 6) is 0.738. The summed E-state index contributed by atoms with van der Waals surface area (Å²) >= 11 is 0. The van der Waals surface area contributed by atoms with Crippen LogP contribution in [0.2, 0.25) is 0 Å². The molecule has 1 aliphatic rings. The van der Waals surface area contributed by atoms with Gasteiger partial charge in [-0.2, -0.15) is 0 Å². The highest BCUT2D eigenvalue weighted by molar-refractivity contribution is 4.71. The van der Waals surface area contributed by atoms with Crippen molar-refractivity contribution in [2.45, 2.75) is 60.7 Å². The van der Waals surface area contributed by atoms with Crippen LogP contribution in [0.3, 0.4) is 0 Å². The zero-order valence-electron chi connectivity index (χ0n) is 11.3. The minimum absolute atomic E-state index is 0.0513. The van der Waals surface area contributed by atoms with Crippen LogP contribution in [0, 0.1) is 11.3 Å². The van der Waals surface area contributed by atoms with Crippen molar-refractivity contribution in [2.24, 2.45) is 11.3 Å². The lowest BCUT2D eigenvalue weighted by atomic mass is 9.95. The van der Waals surface area contributed by atoms with Crippen LogP contribution in [0.25, 0.3) is 0 Å². The van der Waals surface area contributed by atoms with E-state index in [1.54, 1.807) is 0 Å². The zero-order valence-corrected chi connectivity index (χ0v) is 11.3. The van der Waals surface area contributed by atoms with Gasteiger partial charge in [-0.15, -0.1) is 0 Å². The van der Waals surface area contributed by atoms with Gasteiger partial charge >= 0.3 is 0 Å². The van der Waals surface area contributed by atoms with Crippen LogP contribution in [0.5, 0.6) is 0 Å². The third-order valence-corrected chi connectivity index (χ3v) is 2.30. The van der Waals surface area contributed by atoms with Gasteiger partial charge in [0.1, 0.15) is 0 Å². The van der Waals surface area contributed by atoms with Gasteiger partial charge in [0.15, 0.2) is 6.29 Å². The maximum Gasteiger partial charge on any atom is 0.157 e. The Balaban J connectivity index is 0.000000921. The smallest absolute Gasteiger partial charge is 0.157 e. The summed E-state index contributed by atoms with van der Waals surface area (Å²) in [6.07, 6.45) is 2.27. The van der Waals surface area contributed by atoms with E-state index in [1.807, 2.05) is 13.8 Å². The van der Waals surface area contributed by atoms with E-state index in [0.29, 0.717) is 0 Å². The summed E-state index contributed by atoms with van der Waals surface area (Å²) in [5.41, 5.74) is 0.203. The van der Waals surface area contributed by atoms with Crippen molar-refractivity contribution in [3.8, 4) is 0 Å². The van der Waals surface area contributed by atoms with Crippen molar-refractivity contribution < 1.29 is 9.47 Å². The molecule has 0 atom stereocenters. The molecule has 1 aliphatic heterocycles. The fraction of sp³-hybridized carbons (Fsp3) is 1.00. The molecular weight excluding hydrogens is 188 g/mol. The Bertz CT molecular complexity index is 140. The molecule has 0 spiro atoms. The van der Waals surface area contributed by atoms with Crippen molar-refractivity contribution >= 4 is 0 Å². The third-order valence-electron chi connectivity index (χ3n) is 2.30. The van der Waals surface area contributed by atoms with E-state index >= 15 is 0 Å². The second-order valence-corrected chi connectivity index (χ2v) is 5.19. The molecule has 15 heavy (non-hydrogen) atoms. The van der Waals surface area contributed by atoms with Crippen LogP contribution in [0.1, 0.15) is 54.4 Å². The van der Waals surface area contributed by atoms with E-state index in [1.165, 1.54) is 6.42 Å². The molecule has 92 valence electrons. The standard InChI is InChI=1S/C11H22O2.C2H6/c1-9(2)5-6-10-12-7-11(3,4)8-13-10;1-2/h9-10H,5-8H2,1-4H3;1-2H3. The molecule has 0 aromatic heterocycles.